The zero-order valence-corrected chi connectivity index (χ0v) is 10.4. The molecular formula is C13H24N2O. The molecule has 0 aromatic carbocycles. The van der Waals surface area contributed by atoms with Crippen LogP contribution < -0.4 is 5.32 Å². The maximum absolute atomic E-state index is 11.9. The number of nitrogens with zero attached hydrogens (tertiary/aromatic N) is 1. The third kappa shape index (κ3) is 3.48. The third-order valence-electron chi connectivity index (χ3n) is 3.86. The molecule has 1 aliphatic heterocycles. The Morgan fingerprint density at radius 1 is 1.31 bits per heavy atom. The highest BCUT2D eigenvalue weighted by Crippen LogP contribution is 2.27. The van der Waals surface area contributed by atoms with Gasteiger partial charge in [0.15, 0.2) is 0 Å². The lowest BCUT2D eigenvalue weighted by Gasteiger charge is -2.32. The molecule has 0 radical (unpaired) electrons. The van der Waals surface area contributed by atoms with Crippen LogP contribution in [-0.4, -0.2) is 37.0 Å². The second-order valence-corrected chi connectivity index (χ2v) is 5.33. The summed E-state index contributed by atoms with van der Waals surface area (Å²) in [6, 6.07) is 0. The van der Waals surface area contributed by atoms with Gasteiger partial charge in [-0.25, -0.2) is 0 Å². The van der Waals surface area contributed by atoms with Gasteiger partial charge in [-0.05, 0) is 44.1 Å². The minimum atomic E-state index is 0.304. The van der Waals surface area contributed by atoms with Crippen molar-refractivity contribution in [1.82, 2.24) is 10.2 Å². The molecule has 2 fully saturated rings. The van der Waals surface area contributed by atoms with Gasteiger partial charge in [0.2, 0.25) is 5.91 Å². The van der Waals surface area contributed by atoms with Crippen LogP contribution in [0.25, 0.3) is 0 Å². The average molecular weight is 224 g/mol. The highest BCUT2D eigenvalue weighted by atomic mass is 16.2. The first kappa shape index (κ1) is 11.9. The van der Waals surface area contributed by atoms with Crippen LogP contribution in [0.4, 0.5) is 0 Å². The van der Waals surface area contributed by atoms with E-state index in [0.29, 0.717) is 12.5 Å². The lowest BCUT2D eigenvalue weighted by atomic mass is 9.96. The third-order valence-corrected chi connectivity index (χ3v) is 3.86. The Morgan fingerprint density at radius 2 is 2.12 bits per heavy atom. The fourth-order valence-electron chi connectivity index (χ4n) is 2.44. The molecule has 0 aromatic heterocycles. The van der Waals surface area contributed by atoms with Gasteiger partial charge in [0.25, 0.3) is 0 Å². The Balaban J connectivity index is 1.66. The predicted molar refractivity (Wildman–Crippen MR) is 65.2 cm³/mol. The van der Waals surface area contributed by atoms with Crippen LogP contribution in [0.1, 0.15) is 39.0 Å². The molecule has 2 aliphatic rings. The molecule has 1 aliphatic carbocycles. The summed E-state index contributed by atoms with van der Waals surface area (Å²) >= 11 is 0. The van der Waals surface area contributed by atoms with E-state index in [9.17, 15) is 4.79 Å². The molecule has 3 heteroatoms. The van der Waals surface area contributed by atoms with Gasteiger partial charge in [-0.3, -0.25) is 4.79 Å². The maximum Gasteiger partial charge on any atom is 0.236 e. The van der Waals surface area contributed by atoms with Crippen LogP contribution in [0, 0.1) is 11.8 Å². The Bertz CT molecular complexity index is 238. The molecule has 0 aromatic rings. The highest BCUT2D eigenvalue weighted by molar-refractivity contribution is 5.78. The molecule has 1 atom stereocenters. The van der Waals surface area contributed by atoms with Crippen molar-refractivity contribution < 1.29 is 4.79 Å². The molecule has 3 nitrogen and oxygen atoms in total. The van der Waals surface area contributed by atoms with Crippen molar-refractivity contribution in [2.24, 2.45) is 11.8 Å². The van der Waals surface area contributed by atoms with Crippen LogP contribution in [-0.2, 0) is 4.79 Å². The number of hydrogen-bond donors (Lipinski definition) is 1. The van der Waals surface area contributed by atoms with E-state index in [1.165, 1.54) is 32.1 Å². The lowest BCUT2D eigenvalue weighted by molar-refractivity contribution is -0.132. The van der Waals surface area contributed by atoms with Gasteiger partial charge in [0.05, 0.1) is 6.54 Å². The Labute approximate surface area is 98.6 Å². The number of amides is 1. The minimum Gasteiger partial charge on any atom is -0.341 e. The first-order chi connectivity index (χ1) is 7.79. The topological polar surface area (TPSA) is 32.3 Å². The molecule has 1 amide bonds. The second kappa shape index (κ2) is 5.67. The summed E-state index contributed by atoms with van der Waals surface area (Å²) in [5, 5.41) is 3.29. The summed E-state index contributed by atoms with van der Waals surface area (Å²) < 4.78 is 0. The quantitative estimate of drug-likeness (QED) is 0.770. The molecule has 0 spiro atoms. The zero-order valence-electron chi connectivity index (χ0n) is 10.4. The Morgan fingerprint density at radius 3 is 2.81 bits per heavy atom. The van der Waals surface area contributed by atoms with Gasteiger partial charge < -0.3 is 10.2 Å². The van der Waals surface area contributed by atoms with E-state index < -0.39 is 0 Å². The van der Waals surface area contributed by atoms with Gasteiger partial charge in [0, 0.05) is 13.1 Å². The normalized spacial score (nSPS) is 25.8. The van der Waals surface area contributed by atoms with E-state index in [2.05, 4.69) is 17.1 Å². The molecule has 92 valence electrons. The number of carbonyl (C=O) groups is 1. The van der Waals surface area contributed by atoms with E-state index in [-0.39, 0.29) is 0 Å². The van der Waals surface area contributed by atoms with Gasteiger partial charge >= 0.3 is 0 Å². The molecule has 2 rings (SSSR count). The van der Waals surface area contributed by atoms with Gasteiger partial charge in [-0.1, -0.05) is 13.3 Å². The summed E-state index contributed by atoms with van der Waals surface area (Å²) in [5.41, 5.74) is 0. The van der Waals surface area contributed by atoms with Crippen molar-refractivity contribution in [3.8, 4) is 0 Å². The molecular weight excluding hydrogens is 200 g/mol. The number of rotatable bonds is 5. The van der Waals surface area contributed by atoms with Gasteiger partial charge in [-0.15, -0.1) is 0 Å². The van der Waals surface area contributed by atoms with Crippen molar-refractivity contribution in [2.45, 2.75) is 39.0 Å². The van der Waals surface area contributed by atoms with Crippen LogP contribution in [0.2, 0.25) is 0 Å². The number of nitrogens with one attached hydrogen (secondary N) is 1. The van der Waals surface area contributed by atoms with Crippen molar-refractivity contribution >= 4 is 5.91 Å². The largest absolute Gasteiger partial charge is 0.341 e. The minimum absolute atomic E-state index is 0.304. The van der Waals surface area contributed by atoms with Crippen LogP contribution in [0.5, 0.6) is 0 Å². The summed E-state index contributed by atoms with van der Waals surface area (Å²) in [5.74, 6) is 1.90. The van der Waals surface area contributed by atoms with E-state index >= 15 is 0 Å². The number of hydrogen-bond acceptors (Lipinski definition) is 2. The first-order valence-corrected chi connectivity index (χ1v) is 6.78. The summed E-state index contributed by atoms with van der Waals surface area (Å²) in [6.07, 6.45) is 6.40. The average Bonchev–Trinajstić information content (AvgIpc) is 3.13. The molecule has 1 N–H and O–H groups in total. The van der Waals surface area contributed by atoms with Crippen LogP contribution >= 0.6 is 0 Å². The molecule has 1 saturated heterocycles. The van der Waals surface area contributed by atoms with E-state index in [1.807, 2.05) is 0 Å². The van der Waals surface area contributed by atoms with Crippen LogP contribution in [0.3, 0.4) is 0 Å². The maximum atomic E-state index is 11.9. The predicted octanol–water partition coefficient (Wildman–Crippen LogP) is 1.63. The second-order valence-electron chi connectivity index (χ2n) is 5.33. The van der Waals surface area contributed by atoms with Crippen molar-refractivity contribution in [3.05, 3.63) is 0 Å². The Kier molecular flexibility index (Phi) is 4.22. The van der Waals surface area contributed by atoms with Gasteiger partial charge in [0.1, 0.15) is 0 Å². The summed E-state index contributed by atoms with van der Waals surface area (Å²) in [4.78, 5) is 14.0. The van der Waals surface area contributed by atoms with E-state index in [1.54, 1.807) is 0 Å². The number of piperidine rings is 1. The smallest absolute Gasteiger partial charge is 0.236 e. The first-order valence-electron chi connectivity index (χ1n) is 6.78. The number of likely N-dealkylation sites (tertiary alicyclic amines) is 1. The fraction of sp³-hybridized carbons (Fsp3) is 0.923. The molecule has 1 saturated carbocycles. The van der Waals surface area contributed by atoms with Crippen molar-refractivity contribution in [2.75, 3.05) is 26.2 Å². The summed E-state index contributed by atoms with van der Waals surface area (Å²) in [7, 11) is 0. The van der Waals surface area contributed by atoms with Crippen molar-refractivity contribution in [3.63, 3.8) is 0 Å². The highest BCUT2D eigenvalue weighted by Gasteiger charge is 2.24. The van der Waals surface area contributed by atoms with Crippen molar-refractivity contribution in [1.29, 1.82) is 0 Å². The monoisotopic (exact) mass is 224 g/mol. The fourth-order valence-corrected chi connectivity index (χ4v) is 2.44. The standard InChI is InChI=1S/C13H24N2O/c1-2-11-4-3-7-15(10-11)13(16)9-14-8-12-5-6-12/h11-12,14H,2-10H2,1H3. The summed E-state index contributed by atoms with van der Waals surface area (Å²) in [6.45, 7) is 5.77. The SMILES string of the molecule is CCC1CCCN(C(=O)CNCC2CC2)C1. The van der Waals surface area contributed by atoms with E-state index in [4.69, 9.17) is 0 Å². The molecule has 1 unspecified atom stereocenters. The number of carbonyl (C=O) groups excluding carboxylic acids is 1. The van der Waals surface area contributed by atoms with Crippen LogP contribution in [0.15, 0.2) is 0 Å². The molecule has 16 heavy (non-hydrogen) atoms. The van der Waals surface area contributed by atoms with Gasteiger partial charge in [-0.2, -0.15) is 0 Å². The molecule has 1 heterocycles. The Hall–Kier alpha value is -0.570. The zero-order chi connectivity index (χ0) is 11.4. The lowest BCUT2D eigenvalue weighted by Crippen LogP contribution is -2.44. The van der Waals surface area contributed by atoms with E-state index in [0.717, 1.165) is 31.5 Å². The molecule has 0 bridgehead atoms.